The highest BCUT2D eigenvalue weighted by atomic mass is 32.2. The highest BCUT2D eigenvalue weighted by Crippen LogP contribution is 2.51. The highest BCUT2D eigenvalue weighted by molar-refractivity contribution is 7.99. The maximum atomic E-state index is 8.72. The third-order valence-corrected chi connectivity index (χ3v) is 9.53. The molecule has 0 unspecified atom stereocenters. The fourth-order valence-electron chi connectivity index (χ4n) is 6.63. The van der Waals surface area contributed by atoms with Crippen molar-refractivity contribution in [2.24, 2.45) is 0 Å². The van der Waals surface area contributed by atoms with E-state index in [1.54, 1.807) is 23.9 Å². The first-order valence-electron chi connectivity index (χ1n) is 15.8. The van der Waals surface area contributed by atoms with Gasteiger partial charge in [0.1, 0.15) is 0 Å². The van der Waals surface area contributed by atoms with Gasteiger partial charge in [-0.1, -0.05) is 139 Å². The topological polar surface area (TPSA) is 0 Å². The third kappa shape index (κ3) is 3.36. The Kier molecular flexibility index (Phi) is 4.15. The Balaban J connectivity index is 1.46. The quantitative estimate of drug-likeness (QED) is 0.197. The summed E-state index contributed by atoms with van der Waals surface area (Å²) in [6.45, 7) is 0. The van der Waals surface area contributed by atoms with E-state index >= 15 is 0 Å². The van der Waals surface area contributed by atoms with Crippen LogP contribution in [0, 0.1) is 0 Å². The van der Waals surface area contributed by atoms with Crippen LogP contribution in [0.5, 0.6) is 0 Å². The lowest BCUT2D eigenvalue weighted by Gasteiger charge is -2.23. The van der Waals surface area contributed by atoms with Crippen molar-refractivity contribution in [2.75, 3.05) is 0 Å². The van der Waals surface area contributed by atoms with Gasteiger partial charge in [-0.15, -0.1) is 0 Å². The Morgan fingerprint density at radius 3 is 1.83 bits per heavy atom. The summed E-state index contributed by atoms with van der Waals surface area (Å²) in [7, 11) is 0. The summed E-state index contributed by atoms with van der Waals surface area (Å²) in [6.07, 6.45) is 0. The second-order valence-corrected chi connectivity index (χ2v) is 11.6. The molecule has 0 N–H and O–H groups in total. The normalized spacial score (nSPS) is 13.7. The van der Waals surface area contributed by atoms with Crippen LogP contribution in [0.1, 0.15) is 5.48 Å². The predicted octanol–water partition coefficient (Wildman–Crippen LogP) is 11.8. The van der Waals surface area contributed by atoms with E-state index < -0.39 is 0 Å². The van der Waals surface area contributed by atoms with Gasteiger partial charge < -0.3 is 0 Å². The molecule has 41 heavy (non-hydrogen) atoms. The summed E-state index contributed by atoms with van der Waals surface area (Å²) in [5.41, 5.74) is 6.27. The lowest BCUT2D eigenvalue weighted by atomic mass is 9.83. The number of hydrogen-bond acceptors (Lipinski definition) is 1. The first kappa shape index (κ1) is 19.3. The summed E-state index contributed by atoms with van der Waals surface area (Å²) in [6, 6.07) is 41.8. The van der Waals surface area contributed by atoms with Crippen LogP contribution in [0.25, 0.3) is 76.5 Å². The second-order valence-electron chi connectivity index (χ2n) is 10.6. The van der Waals surface area contributed by atoms with Crippen LogP contribution in [0.15, 0.2) is 155 Å². The average Bonchev–Trinajstić information content (AvgIpc) is 3.05. The highest BCUT2D eigenvalue weighted by Gasteiger charge is 2.23. The average molecular weight is 541 g/mol. The molecule has 9 rings (SSSR count). The first-order valence-corrected chi connectivity index (χ1v) is 14.6. The van der Waals surface area contributed by atoms with Crippen LogP contribution in [0.3, 0.4) is 0 Å². The van der Waals surface area contributed by atoms with E-state index in [4.69, 9.17) is 5.48 Å². The second kappa shape index (κ2) is 8.83. The molecule has 0 nitrogen and oxygen atoms in total. The van der Waals surface area contributed by atoms with Gasteiger partial charge in [-0.2, -0.15) is 0 Å². The molecule has 0 amide bonds. The van der Waals surface area contributed by atoms with Gasteiger partial charge in [0.25, 0.3) is 0 Å². The van der Waals surface area contributed by atoms with E-state index in [0.717, 1.165) is 60.0 Å². The zero-order valence-corrected chi connectivity index (χ0v) is 22.8. The Morgan fingerprint density at radius 2 is 1.05 bits per heavy atom. The predicted molar refractivity (Wildman–Crippen MR) is 177 cm³/mol. The molecule has 0 bridgehead atoms. The van der Waals surface area contributed by atoms with Crippen molar-refractivity contribution in [3.05, 3.63) is 145 Å². The van der Waals surface area contributed by atoms with Gasteiger partial charge in [-0.25, -0.2) is 0 Å². The third-order valence-electron chi connectivity index (χ3n) is 8.40. The minimum absolute atomic E-state index is 0.156. The molecule has 8 aromatic rings. The van der Waals surface area contributed by atoms with Gasteiger partial charge in [0.15, 0.2) is 0 Å². The molecule has 0 aliphatic carbocycles. The summed E-state index contributed by atoms with van der Waals surface area (Å²) in [5.74, 6) is 0. The van der Waals surface area contributed by atoms with Gasteiger partial charge in [0.05, 0.1) is 5.48 Å². The van der Waals surface area contributed by atoms with E-state index in [1.165, 1.54) is 26.3 Å². The van der Waals surface area contributed by atoms with Crippen molar-refractivity contribution < 1.29 is 5.48 Å². The van der Waals surface area contributed by atoms with Crippen LogP contribution in [-0.2, 0) is 0 Å². The summed E-state index contributed by atoms with van der Waals surface area (Å²) in [4.78, 5) is 2.44. The van der Waals surface area contributed by atoms with Crippen molar-refractivity contribution in [1.29, 1.82) is 0 Å². The largest absolute Gasteiger partial charge is 0.0888 e. The van der Waals surface area contributed by atoms with Crippen LogP contribution < -0.4 is 0 Å². The number of hydrogen-bond donors (Lipinski definition) is 0. The van der Waals surface area contributed by atoms with Gasteiger partial charge in [-0.3, -0.25) is 0 Å². The molecule has 1 heterocycles. The molecule has 0 aromatic heterocycles. The van der Waals surface area contributed by atoms with Crippen molar-refractivity contribution in [1.82, 2.24) is 0 Å². The van der Waals surface area contributed by atoms with Gasteiger partial charge in [-0.05, 0) is 89.3 Å². The van der Waals surface area contributed by atoms with Crippen molar-refractivity contribution in [3.8, 4) is 33.4 Å². The molecule has 0 fully saturated rings. The Hall–Kier alpha value is -4.85. The van der Waals surface area contributed by atoms with Gasteiger partial charge in [0, 0.05) is 15.2 Å². The van der Waals surface area contributed by atoms with Crippen LogP contribution >= 0.6 is 11.8 Å². The zero-order chi connectivity index (χ0) is 30.4. The molecule has 0 saturated carbocycles. The standard InChI is InChI=1S/C40H24S/c1-2-11-26-24-27(21-20-25(26)10-1)38-29-13-3-5-15-31(29)39(32-16-6-4-14-30(32)38)35-23-22-34-28-12-7-8-18-36(28)41-37-19-9-17-33(35)40(34)37/h1-24H/i3D,4D,5D,6D. The minimum Gasteiger partial charge on any atom is -0.0888 e. The van der Waals surface area contributed by atoms with E-state index in [9.17, 15) is 0 Å². The van der Waals surface area contributed by atoms with Crippen LogP contribution in [0.4, 0.5) is 0 Å². The summed E-state index contributed by atoms with van der Waals surface area (Å²) >= 11 is 1.79. The molecule has 1 aliphatic rings. The molecule has 1 heteroatoms. The Bertz CT molecular complexity index is 2500. The smallest absolute Gasteiger partial charge is 0.0623 e. The molecule has 8 aromatic carbocycles. The van der Waals surface area contributed by atoms with E-state index in [2.05, 4.69) is 84.9 Å². The number of fused-ring (bicyclic) bond motifs is 5. The Labute approximate surface area is 248 Å². The lowest BCUT2D eigenvalue weighted by molar-refractivity contribution is 1.40. The monoisotopic (exact) mass is 540 g/mol. The summed E-state index contributed by atoms with van der Waals surface area (Å²) in [5, 5.41) is 8.02. The van der Waals surface area contributed by atoms with Gasteiger partial charge >= 0.3 is 0 Å². The van der Waals surface area contributed by atoms with Gasteiger partial charge in [0.2, 0.25) is 0 Å². The number of rotatable bonds is 2. The molecule has 1 aliphatic heterocycles. The van der Waals surface area contributed by atoms with Crippen LogP contribution in [-0.4, -0.2) is 0 Å². The Morgan fingerprint density at radius 1 is 0.415 bits per heavy atom. The summed E-state index contributed by atoms with van der Waals surface area (Å²) < 4.78 is 34.8. The molecule has 0 radical (unpaired) electrons. The molecule has 0 spiro atoms. The molecular weight excluding hydrogens is 513 g/mol. The van der Waals surface area contributed by atoms with Crippen molar-refractivity contribution >= 4 is 54.9 Å². The van der Waals surface area contributed by atoms with Crippen molar-refractivity contribution in [2.45, 2.75) is 9.79 Å². The van der Waals surface area contributed by atoms with Crippen LogP contribution in [0.2, 0.25) is 0 Å². The molecule has 0 saturated heterocycles. The molecular formula is C40H24S. The number of benzene rings is 8. The maximum absolute atomic E-state index is 8.72. The molecule has 190 valence electrons. The lowest BCUT2D eigenvalue weighted by Crippen LogP contribution is -1.95. The SMILES string of the molecule is [2H]c1cc2c(-c3ccc4ccccc4c3)c3cc([2H])c([2H])cc3c(-c3ccc4c5c(cccc35)Sc3ccccc3-4)c2cc1[2H]. The zero-order valence-electron chi connectivity index (χ0n) is 26.0. The minimum atomic E-state index is 0.156. The van der Waals surface area contributed by atoms with E-state index in [1.807, 2.05) is 24.3 Å². The van der Waals surface area contributed by atoms with E-state index in [-0.39, 0.29) is 24.2 Å². The maximum Gasteiger partial charge on any atom is 0.0623 e. The fraction of sp³-hybridized carbons (Fsp3) is 0. The molecule has 0 atom stereocenters. The fourth-order valence-corrected chi connectivity index (χ4v) is 7.77. The van der Waals surface area contributed by atoms with E-state index in [0.29, 0.717) is 0 Å². The van der Waals surface area contributed by atoms with Crippen molar-refractivity contribution in [3.63, 3.8) is 0 Å². The first-order chi connectivity index (χ1) is 22.0.